The predicted molar refractivity (Wildman–Crippen MR) is 335 cm³/mol. The van der Waals surface area contributed by atoms with Crippen molar-refractivity contribution in [2.75, 3.05) is 39.6 Å². The van der Waals surface area contributed by atoms with E-state index in [1.807, 2.05) is 0 Å². The van der Waals surface area contributed by atoms with E-state index in [1.54, 1.807) is 0 Å². The Morgan fingerprint density at radius 3 is 0.845 bits per heavy atom. The number of esters is 4. The fourth-order valence-electron chi connectivity index (χ4n) is 9.64. The number of aliphatic hydroxyl groups is 1. The van der Waals surface area contributed by atoms with Gasteiger partial charge >= 0.3 is 39.5 Å². The highest BCUT2D eigenvalue weighted by Gasteiger charge is 2.30. The van der Waals surface area contributed by atoms with Crippen LogP contribution in [0.4, 0.5) is 0 Å². The summed E-state index contributed by atoms with van der Waals surface area (Å²) in [5, 5.41) is 10.5. The quantitative estimate of drug-likeness (QED) is 0.0222. The molecule has 17 nitrogen and oxygen atoms in total. The highest BCUT2D eigenvalue weighted by molar-refractivity contribution is 7.47. The Morgan fingerprint density at radius 2 is 0.571 bits per heavy atom. The maximum absolute atomic E-state index is 13.0. The van der Waals surface area contributed by atoms with Gasteiger partial charge in [-0.2, -0.15) is 0 Å². The number of phosphoric ester groups is 2. The first kappa shape index (κ1) is 82.1. The first-order chi connectivity index (χ1) is 40.4. The molecule has 0 aliphatic rings. The zero-order valence-corrected chi connectivity index (χ0v) is 56.0. The van der Waals surface area contributed by atoms with Crippen molar-refractivity contribution < 1.29 is 80.2 Å². The number of unbranched alkanes of at least 4 members (excludes halogenated alkanes) is 32. The number of rotatable bonds is 64. The number of phosphoric acid groups is 2. The molecular weight excluding hydrogens is 1110 g/mol. The van der Waals surface area contributed by atoms with Crippen LogP contribution in [0, 0.1) is 11.8 Å². The second kappa shape index (κ2) is 57.5. The number of hydrogen-bond donors (Lipinski definition) is 3. The largest absolute Gasteiger partial charge is 0.472 e. The van der Waals surface area contributed by atoms with E-state index in [4.69, 9.17) is 37.0 Å². The zero-order chi connectivity index (χ0) is 62.2. The molecule has 0 heterocycles. The highest BCUT2D eigenvalue weighted by Crippen LogP contribution is 2.45. The molecule has 7 atom stereocenters. The Labute approximate surface area is 511 Å². The van der Waals surface area contributed by atoms with Gasteiger partial charge in [-0.25, -0.2) is 9.13 Å². The molecule has 0 saturated heterocycles. The smallest absolute Gasteiger partial charge is 0.462 e. The molecule has 84 heavy (non-hydrogen) atoms. The van der Waals surface area contributed by atoms with Crippen LogP contribution in [0.25, 0.3) is 0 Å². The van der Waals surface area contributed by atoms with Crippen molar-refractivity contribution >= 4 is 39.5 Å². The molecule has 0 radical (unpaired) electrons. The first-order valence-electron chi connectivity index (χ1n) is 34.1. The van der Waals surface area contributed by atoms with Crippen LogP contribution in [0.1, 0.15) is 324 Å². The Kier molecular flexibility index (Phi) is 56.2. The summed E-state index contributed by atoms with van der Waals surface area (Å²) in [6.07, 6.45) is 40.1. The summed E-state index contributed by atoms with van der Waals surface area (Å²) >= 11 is 0. The summed E-state index contributed by atoms with van der Waals surface area (Å²) in [6.45, 7) is 9.50. The molecule has 0 aromatic heterocycles. The summed E-state index contributed by atoms with van der Waals surface area (Å²) < 4.78 is 68.0. The summed E-state index contributed by atoms with van der Waals surface area (Å²) in [4.78, 5) is 72.2. The van der Waals surface area contributed by atoms with Gasteiger partial charge in [0.15, 0.2) is 12.2 Å². The van der Waals surface area contributed by atoms with Crippen LogP contribution in [0.2, 0.25) is 0 Å². The van der Waals surface area contributed by atoms with Gasteiger partial charge in [0.25, 0.3) is 0 Å². The third-order valence-corrected chi connectivity index (χ3v) is 17.6. The molecule has 498 valence electrons. The molecule has 0 amide bonds. The lowest BCUT2D eigenvalue weighted by Gasteiger charge is -2.21. The molecule has 0 fully saturated rings. The van der Waals surface area contributed by atoms with Gasteiger partial charge in [-0.3, -0.25) is 37.3 Å². The average Bonchev–Trinajstić information content (AvgIpc) is 3.48. The monoisotopic (exact) mass is 1240 g/mol. The van der Waals surface area contributed by atoms with Crippen LogP contribution in [0.5, 0.6) is 0 Å². The Bertz CT molecular complexity index is 1650. The van der Waals surface area contributed by atoms with Crippen molar-refractivity contribution in [2.24, 2.45) is 11.8 Å². The predicted octanol–water partition coefficient (Wildman–Crippen LogP) is 18.0. The Hall–Kier alpha value is -1.94. The molecule has 0 spiro atoms. The van der Waals surface area contributed by atoms with E-state index in [9.17, 15) is 43.2 Å². The van der Waals surface area contributed by atoms with E-state index in [0.29, 0.717) is 25.7 Å². The van der Waals surface area contributed by atoms with Crippen molar-refractivity contribution in [1.82, 2.24) is 0 Å². The van der Waals surface area contributed by atoms with Crippen molar-refractivity contribution in [3.63, 3.8) is 0 Å². The molecule has 4 unspecified atom stereocenters. The zero-order valence-electron chi connectivity index (χ0n) is 54.2. The minimum absolute atomic E-state index is 0.106. The van der Waals surface area contributed by atoms with Crippen molar-refractivity contribution in [2.45, 2.75) is 342 Å². The van der Waals surface area contributed by atoms with Crippen LogP contribution in [-0.2, 0) is 65.4 Å². The topological polar surface area (TPSA) is 237 Å². The highest BCUT2D eigenvalue weighted by atomic mass is 31.2. The second-order valence-corrected chi connectivity index (χ2v) is 26.9. The lowest BCUT2D eigenvalue weighted by molar-refractivity contribution is -0.161. The standard InChI is InChI=1S/C65H126O17P2/c1-7-11-13-15-17-19-23-31-37-43-49-64(69)81-60(53-75-62(67)47-41-35-29-18-16-14-12-8-2)55-79-83(71,72)77-51-59(66)52-78-84(73,74)80-56-61(54-76-63(68)48-42-36-30-26-25-28-34-40-46-58(6)10-4)82-65(70)50-44-38-32-24-21-20-22-27-33-39-45-57(5)9-3/h57-61,66H,7-56H2,1-6H3,(H,71,72)(H,73,74)/t57?,58?,59-,60+,61+/m0/s1. The summed E-state index contributed by atoms with van der Waals surface area (Å²) in [7, 11) is -9.89. The normalized spacial score (nSPS) is 14.9. The van der Waals surface area contributed by atoms with Gasteiger partial charge < -0.3 is 33.8 Å². The first-order valence-corrected chi connectivity index (χ1v) is 37.1. The lowest BCUT2D eigenvalue weighted by Crippen LogP contribution is -2.30. The molecule has 19 heteroatoms. The van der Waals surface area contributed by atoms with E-state index in [-0.39, 0.29) is 25.7 Å². The number of carbonyl (C=O) groups excluding carboxylic acids is 4. The molecular formula is C65H126O17P2. The van der Waals surface area contributed by atoms with E-state index in [2.05, 4.69) is 41.5 Å². The molecule has 0 bridgehead atoms. The molecule has 0 saturated carbocycles. The van der Waals surface area contributed by atoms with E-state index >= 15 is 0 Å². The van der Waals surface area contributed by atoms with Gasteiger partial charge in [-0.15, -0.1) is 0 Å². The Balaban J connectivity index is 5.24. The number of aliphatic hydroxyl groups excluding tert-OH is 1. The summed E-state index contributed by atoms with van der Waals surface area (Å²) in [5.41, 5.74) is 0. The van der Waals surface area contributed by atoms with Crippen LogP contribution in [0.15, 0.2) is 0 Å². The van der Waals surface area contributed by atoms with Crippen molar-refractivity contribution in [3.05, 3.63) is 0 Å². The van der Waals surface area contributed by atoms with E-state index in [0.717, 1.165) is 108 Å². The van der Waals surface area contributed by atoms with Crippen LogP contribution in [0.3, 0.4) is 0 Å². The summed E-state index contributed by atoms with van der Waals surface area (Å²) in [6, 6.07) is 0. The maximum atomic E-state index is 13.0. The Morgan fingerprint density at radius 1 is 0.333 bits per heavy atom. The molecule has 0 rings (SSSR count). The van der Waals surface area contributed by atoms with Gasteiger partial charge in [-0.1, -0.05) is 273 Å². The SMILES string of the molecule is CCCCCCCCCCCCC(=O)O[C@H](COC(=O)CCCCCCCCCC)COP(=O)(O)OC[C@H](O)COP(=O)(O)OC[C@@H](COC(=O)CCCCCCCCCCC(C)CC)OC(=O)CCCCCCCCCCCCC(C)CC. The lowest BCUT2D eigenvalue weighted by atomic mass is 9.99. The molecule has 0 aliphatic heterocycles. The average molecular weight is 1240 g/mol. The van der Waals surface area contributed by atoms with Gasteiger partial charge in [0.1, 0.15) is 19.3 Å². The van der Waals surface area contributed by atoms with Gasteiger partial charge in [0.05, 0.1) is 26.4 Å². The number of hydrogen-bond acceptors (Lipinski definition) is 15. The maximum Gasteiger partial charge on any atom is 0.472 e. The fourth-order valence-corrected chi connectivity index (χ4v) is 11.2. The minimum atomic E-state index is -4.95. The minimum Gasteiger partial charge on any atom is -0.462 e. The van der Waals surface area contributed by atoms with Crippen LogP contribution < -0.4 is 0 Å². The third kappa shape index (κ3) is 56.6. The molecule has 0 aliphatic carbocycles. The van der Waals surface area contributed by atoms with E-state index < -0.39 is 97.5 Å². The van der Waals surface area contributed by atoms with Gasteiger partial charge in [0, 0.05) is 25.7 Å². The molecule has 0 aromatic rings. The van der Waals surface area contributed by atoms with Crippen LogP contribution in [-0.4, -0.2) is 96.7 Å². The van der Waals surface area contributed by atoms with E-state index in [1.165, 1.54) is 135 Å². The van der Waals surface area contributed by atoms with Gasteiger partial charge in [-0.05, 0) is 37.5 Å². The third-order valence-electron chi connectivity index (χ3n) is 15.7. The summed E-state index contributed by atoms with van der Waals surface area (Å²) in [5.74, 6) is -0.554. The molecule has 3 N–H and O–H groups in total. The van der Waals surface area contributed by atoms with Crippen molar-refractivity contribution in [1.29, 1.82) is 0 Å². The molecule has 0 aromatic carbocycles. The van der Waals surface area contributed by atoms with Crippen molar-refractivity contribution in [3.8, 4) is 0 Å². The van der Waals surface area contributed by atoms with Crippen LogP contribution >= 0.6 is 15.6 Å². The number of ether oxygens (including phenoxy) is 4. The fraction of sp³-hybridized carbons (Fsp3) is 0.938. The van der Waals surface area contributed by atoms with Gasteiger partial charge in [0.2, 0.25) is 0 Å². The number of carbonyl (C=O) groups is 4. The second-order valence-electron chi connectivity index (χ2n) is 24.0.